The molecule has 0 fully saturated rings. The van der Waals surface area contributed by atoms with E-state index in [2.05, 4.69) is 0 Å². The zero-order valence-electron chi connectivity index (χ0n) is 11.2. The number of carbonyl (C=O) groups is 1. The molecule has 0 heterocycles. The molecule has 0 aliphatic carbocycles. The highest BCUT2D eigenvalue weighted by atomic mass is 16.2. The summed E-state index contributed by atoms with van der Waals surface area (Å²) in [5, 5.41) is 0. The van der Waals surface area contributed by atoms with Crippen molar-refractivity contribution < 1.29 is 4.79 Å². The van der Waals surface area contributed by atoms with Crippen LogP contribution >= 0.6 is 0 Å². The number of hydrogen-bond donors (Lipinski definition) is 1. The van der Waals surface area contributed by atoms with E-state index >= 15 is 0 Å². The van der Waals surface area contributed by atoms with Gasteiger partial charge in [-0.25, -0.2) is 0 Å². The Morgan fingerprint density at radius 3 is 2.47 bits per heavy atom. The summed E-state index contributed by atoms with van der Waals surface area (Å²) in [6, 6.07) is 7.50. The molecule has 0 bridgehead atoms. The Morgan fingerprint density at radius 2 is 2.00 bits per heavy atom. The SMILES string of the molecule is CCN(C(=O)Cc1cccc(N)c1)C(C)(C)C. The first kappa shape index (κ1) is 13.6. The van der Waals surface area contributed by atoms with Crippen LogP contribution in [0.5, 0.6) is 0 Å². The zero-order valence-corrected chi connectivity index (χ0v) is 11.2. The number of nitrogen functional groups attached to an aromatic ring is 1. The van der Waals surface area contributed by atoms with Gasteiger partial charge in [0.2, 0.25) is 5.91 Å². The Kier molecular flexibility index (Phi) is 4.16. The minimum absolute atomic E-state index is 0.133. The van der Waals surface area contributed by atoms with Crippen molar-refractivity contribution in [1.82, 2.24) is 4.90 Å². The van der Waals surface area contributed by atoms with E-state index in [0.29, 0.717) is 12.1 Å². The molecule has 0 unspecified atom stereocenters. The minimum Gasteiger partial charge on any atom is -0.399 e. The summed E-state index contributed by atoms with van der Waals surface area (Å²) in [6.07, 6.45) is 0.413. The summed E-state index contributed by atoms with van der Waals surface area (Å²) in [6.45, 7) is 8.88. The van der Waals surface area contributed by atoms with Crippen molar-refractivity contribution in [1.29, 1.82) is 0 Å². The van der Waals surface area contributed by atoms with Gasteiger partial charge in [-0.2, -0.15) is 0 Å². The van der Waals surface area contributed by atoms with Crippen molar-refractivity contribution in [3.05, 3.63) is 29.8 Å². The second-order valence-corrected chi connectivity index (χ2v) is 5.23. The van der Waals surface area contributed by atoms with E-state index in [1.807, 2.05) is 56.9 Å². The third-order valence-corrected chi connectivity index (χ3v) is 2.73. The molecule has 1 amide bonds. The molecule has 2 N–H and O–H groups in total. The predicted molar refractivity (Wildman–Crippen MR) is 71.7 cm³/mol. The fourth-order valence-electron chi connectivity index (χ4n) is 2.00. The van der Waals surface area contributed by atoms with Crippen LogP contribution in [0, 0.1) is 0 Å². The van der Waals surface area contributed by atoms with Crippen molar-refractivity contribution in [3.8, 4) is 0 Å². The van der Waals surface area contributed by atoms with Gasteiger partial charge < -0.3 is 10.6 Å². The van der Waals surface area contributed by atoms with Crippen LogP contribution in [-0.4, -0.2) is 22.9 Å². The highest BCUT2D eigenvalue weighted by Gasteiger charge is 2.24. The van der Waals surface area contributed by atoms with Crippen LogP contribution in [0.4, 0.5) is 5.69 Å². The monoisotopic (exact) mass is 234 g/mol. The number of carbonyl (C=O) groups excluding carboxylic acids is 1. The molecule has 0 spiro atoms. The van der Waals surface area contributed by atoms with Gasteiger partial charge in [0, 0.05) is 17.8 Å². The van der Waals surface area contributed by atoms with Crippen molar-refractivity contribution in [3.63, 3.8) is 0 Å². The number of nitrogens with zero attached hydrogens (tertiary/aromatic N) is 1. The van der Waals surface area contributed by atoms with Crippen LogP contribution in [-0.2, 0) is 11.2 Å². The van der Waals surface area contributed by atoms with E-state index in [4.69, 9.17) is 5.73 Å². The van der Waals surface area contributed by atoms with E-state index in [9.17, 15) is 4.79 Å². The Labute approximate surface area is 104 Å². The molecule has 0 radical (unpaired) electrons. The average molecular weight is 234 g/mol. The molecule has 0 saturated carbocycles. The molecular weight excluding hydrogens is 212 g/mol. The van der Waals surface area contributed by atoms with Gasteiger partial charge in [-0.05, 0) is 45.4 Å². The molecule has 3 nitrogen and oxygen atoms in total. The summed E-state index contributed by atoms with van der Waals surface area (Å²) < 4.78 is 0. The van der Waals surface area contributed by atoms with Gasteiger partial charge in [-0.3, -0.25) is 4.79 Å². The third kappa shape index (κ3) is 3.77. The van der Waals surface area contributed by atoms with Gasteiger partial charge in [0.15, 0.2) is 0 Å². The maximum atomic E-state index is 12.2. The van der Waals surface area contributed by atoms with Crippen LogP contribution < -0.4 is 5.73 Å². The molecule has 0 aliphatic heterocycles. The Morgan fingerprint density at radius 1 is 1.35 bits per heavy atom. The number of amides is 1. The van der Waals surface area contributed by atoms with Gasteiger partial charge in [0.25, 0.3) is 0 Å². The number of nitrogens with two attached hydrogens (primary N) is 1. The lowest BCUT2D eigenvalue weighted by Gasteiger charge is -2.35. The smallest absolute Gasteiger partial charge is 0.227 e. The number of likely N-dealkylation sites (N-methyl/N-ethyl adjacent to an activating group) is 1. The van der Waals surface area contributed by atoms with E-state index in [-0.39, 0.29) is 11.4 Å². The van der Waals surface area contributed by atoms with E-state index in [1.54, 1.807) is 0 Å². The first-order valence-electron chi connectivity index (χ1n) is 5.99. The Balaban J connectivity index is 2.78. The maximum absolute atomic E-state index is 12.2. The molecule has 3 heteroatoms. The topological polar surface area (TPSA) is 46.3 Å². The van der Waals surface area contributed by atoms with Gasteiger partial charge >= 0.3 is 0 Å². The van der Waals surface area contributed by atoms with Gasteiger partial charge in [-0.1, -0.05) is 12.1 Å². The highest BCUT2D eigenvalue weighted by molar-refractivity contribution is 5.79. The normalized spacial score (nSPS) is 11.3. The van der Waals surface area contributed by atoms with Crippen molar-refractivity contribution >= 4 is 11.6 Å². The highest BCUT2D eigenvalue weighted by Crippen LogP contribution is 2.16. The van der Waals surface area contributed by atoms with Crippen LogP contribution in [0.1, 0.15) is 33.3 Å². The quantitative estimate of drug-likeness (QED) is 0.817. The molecule has 0 aromatic heterocycles. The van der Waals surface area contributed by atoms with Crippen LogP contribution in [0.15, 0.2) is 24.3 Å². The summed E-state index contributed by atoms with van der Waals surface area (Å²) in [7, 11) is 0. The number of rotatable bonds is 3. The van der Waals surface area contributed by atoms with Crippen LogP contribution in [0.2, 0.25) is 0 Å². The molecule has 94 valence electrons. The first-order chi connectivity index (χ1) is 7.84. The molecule has 1 aromatic rings. The van der Waals surface area contributed by atoms with Crippen molar-refractivity contribution in [2.24, 2.45) is 0 Å². The lowest BCUT2D eigenvalue weighted by Crippen LogP contribution is -2.46. The van der Waals surface area contributed by atoms with E-state index < -0.39 is 0 Å². The number of anilines is 1. The van der Waals surface area contributed by atoms with Gasteiger partial charge in [0.05, 0.1) is 6.42 Å². The van der Waals surface area contributed by atoms with Crippen LogP contribution in [0.25, 0.3) is 0 Å². The fraction of sp³-hybridized carbons (Fsp3) is 0.500. The second kappa shape index (κ2) is 5.21. The number of hydrogen-bond acceptors (Lipinski definition) is 2. The summed E-state index contributed by atoms with van der Waals surface area (Å²) in [4.78, 5) is 14.1. The van der Waals surface area contributed by atoms with Crippen LogP contribution in [0.3, 0.4) is 0 Å². The molecule has 17 heavy (non-hydrogen) atoms. The Bertz CT molecular complexity index is 393. The van der Waals surface area contributed by atoms with E-state index in [0.717, 1.165) is 12.1 Å². The van der Waals surface area contributed by atoms with Crippen molar-refractivity contribution in [2.45, 2.75) is 39.7 Å². The largest absolute Gasteiger partial charge is 0.399 e. The van der Waals surface area contributed by atoms with Crippen molar-refractivity contribution in [2.75, 3.05) is 12.3 Å². The van der Waals surface area contributed by atoms with Gasteiger partial charge in [-0.15, -0.1) is 0 Å². The zero-order chi connectivity index (χ0) is 13.1. The minimum atomic E-state index is -0.133. The predicted octanol–water partition coefficient (Wildman–Crippen LogP) is 2.46. The standard InChI is InChI=1S/C14H22N2O/c1-5-16(14(2,3)4)13(17)10-11-7-6-8-12(15)9-11/h6-9H,5,10,15H2,1-4H3. The summed E-state index contributed by atoms with van der Waals surface area (Å²) in [5.74, 6) is 0.144. The lowest BCUT2D eigenvalue weighted by atomic mass is 10.0. The molecule has 0 atom stereocenters. The summed E-state index contributed by atoms with van der Waals surface area (Å²) in [5.41, 5.74) is 7.24. The maximum Gasteiger partial charge on any atom is 0.227 e. The molecule has 1 aromatic carbocycles. The lowest BCUT2D eigenvalue weighted by molar-refractivity contribution is -0.134. The summed E-state index contributed by atoms with van der Waals surface area (Å²) >= 11 is 0. The van der Waals surface area contributed by atoms with E-state index in [1.165, 1.54) is 0 Å². The Hall–Kier alpha value is -1.51. The number of benzene rings is 1. The third-order valence-electron chi connectivity index (χ3n) is 2.73. The molecule has 0 aliphatic rings. The molecule has 0 saturated heterocycles. The second-order valence-electron chi connectivity index (χ2n) is 5.23. The first-order valence-corrected chi connectivity index (χ1v) is 5.99. The molecular formula is C14H22N2O. The van der Waals surface area contributed by atoms with Gasteiger partial charge in [0.1, 0.15) is 0 Å². The fourth-order valence-corrected chi connectivity index (χ4v) is 2.00. The average Bonchev–Trinajstić information content (AvgIpc) is 2.15. The molecule has 1 rings (SSSR count).